The minimum absolute atomic E-state index is 0.445. The molecule has 3 rings (SSSR count). The van der Waals surface area contributed by atoms with Gasteiger partial charge in [-0.3, -0.25) is 0 Å². The van der Waals surface area contributed by atoms with Crippen LogP contribution in [0.15, 0.2) is 36.7 Å². The maximum Gasteiger partial charge on any atom is 0.203 e. The van der Waals surface area contributed by atoms with Gasteiger partial charge in [0, 0.05) is 24.5 Å². The molecule has 1 N–H and O–H groups in total. The van der Waals surface area contributed by atoms with Gasteiger partial charge < -0.3 is 9.88 Å². The number of nitrogens with one attached hydrogen (secondary N) is 1. The zero-order valence-corrected chi connectivity index (χ0v) is 11.6. The minimum Gasteiger partial charge on any atom is -0.353 e. The van der Waals surface area contributed by atoms with Crippen molar-refractivity contribution in [1.82, 2.24) is 9.55 Å². The first-order valence-corrected chi connectivity index (χ1v) is 7.10. The monoisotopic (exact) mass is 255 g/mol. The van der Waals surface area contributed by atoms with Crippen molar-refractivity contribution in [2.75, 3.05) is 5.32 Å². The Hall–Kier alpha value is -1.77. The van der Waals surface area contributed by atoms with Crippen molar-refractivity contribution in [3.8, 4) is 0 Å². The lowest BCUT2D eigenvalue weighted by Crippen LogP contribution is -2.28. The van der Waals surface area contributed by atoms with Gasteiger partial charge in [0.25, 0.3) is 0 Å². The second-order valence-electron chi connectivity index (χ2n) is 5.60. The number of rotatable bonds is 3. The fourth-order valence-corrected chi connectivity index (χ4v) is 2.85. The molecular weight excluding hydrogens is 234 g/mol. The van der Waals surface area contributed by atoms with Crippen LogP contribution in [-0.4, -0.2) is 15.6 Å². The third kappa shape index (κ3) is 2.50. The lowest BCUT2D eigenvalue weighted by Gasteiger charge is -2.26. The third-order valence-corrected chi connectivity index (χ3v) is 3.91. The van der Waals surface area contributed by atoms with E-state index in [4.69, 9.17) is 0 Å². The molecule has 1 atom stereocenters. The minimum atomic E-state index is 0.445. The maximum absolute atomic E-state index is 4.44. The van der Waals surface area contributed by atoms with E-state index in [1.165, 1.54) is 17.5 Å². The third-order valence-electron chi connectivity index (χ3n) is 3.91. The number of imidazole rings is 1. The highest BCUT2D eigenvalue weighted by Crippen LogP contribution is 2.24. The second kappa shape index (κ2) is 5.08. The van der Waals surface area contributed by atoms with Gasteiger partial charge in [-0.1, -0.05) is 24.3 Å². The Kier molecular flexibility index (Phi) is 3.28. The summed E-state index contributed by atoms with van der Waals surface area (Å²) in [5, 5.41) is 3.60. The summed E-state index contributed by atoms with van der Waals surface area (Å²) in [4.78, 5) is 4.44. The van der Waals surface area contributed by atoms with Crippen molar-refractivity contribution in [3.63, 3.8) is 0 Å². The molecule has 19 heavy (non-hydrogen) atoms. The van der Waals surface area contributed by atoms with Gasteiger partial charge >= 0.3 is 0 Å². The molecule has 1 aliphatic rings. The molecule has 1 aromatic carbocycles. The molecular formula is C16H21N3. The van der Waals surface area contributed by atoms with Crippen LogP contribution in [0.4, 0.5) is 5.95 Å². The Labute approximate surface area is 114 Å². The van der Waals surface area contributed by atoms with Crippen molar-refractivity contribution >= 4 is 5.95 Å². The first-order chi connectivity index (χ1) is 9.24. The highest BCUT2D eigenvalue weighted by molar-refractivity contribution is 5.35. The van der Waals surface area contributed by atoms with Gasteiger partial charge in [0.1, 0.15) is 0 Å². The number of anilines is 1. The fourth-order valence-electron chi connectivity index (χ4n) is 2.85. The fraction of sp³-hybridized carbons (Fsp3) is 0.438. The number of aromatic nitrogens is 2. The molecule has 0 fully saturated rings. The summed E-state index contributed by atoms with van der Waals surface area (Å²) in [7, 11) is 0. The molecule has 3 heteroatoms. The molecule has 0 aliphatic heterocycles. The molecule has 3 nitrogen and oxygen atoms in total. The standard InChI is InChI=1S/C16H21N3/c1-12(2)19-10-9-17-16(19)18-15-8-7-13-5-3-4-6-14(13)11-15/h3-6,9-10,12,15H,7-8,11H2,1-2H3,(H,17,18). The first kappa shape index (κ1) is 12.3. The smallest absolute Gasteiger partial charge is 0.203 e. The van der Waals surface area contributed by atoms with E-state index >= 15 is 0 Å². The lowest BCUT2D eigenvalue weighted by molar-refractivity contribution is 0.571. The van der Waals surface area contributed by atoms with Crippen molar-refractivity contribution in [1.29, 1.82) is 0 Å². The summed E-state index contributed by atoms with van der Waals surface area (Å²) in [6, 6.07) is 9.71. The Morgan fingerprint density at radius 2 is 2.05 bits per heavy atom. The zero-order chi connectivity index (χ0) is 13.2. The number of benzene rings is 1. The largest absolute Gasteiger partial charge is 0.353 e. The summed E-state index contributed by atoms with van der Waals surface area (Å²) < 4.78 is 2.19. The van der Waals surface area contributed by atoms with E-state index in [0.29, 0.717) is 12.1 Å². The van der Waals surface area contributed by atoms with Gasteiger partial charge in [0.2, 0.25) is 5.95 Å². The summed E-state index contributed by atoms with van der Waals surface area (Å²) in [6.07, 6.45) is 7.36. The average Bonchev–Trinajstić information content (AvgIpc) is 2.87. The zero-order valence-electron chi connectivity index (χ0n) is 11.6. The van der Waals surface area contributed by atoms with Gasteiger partial charge in [-0.2, -0.15) is 0 Å². The number of hydrogen-bond donors (Lipinski definition) is 1. The lowest BCUT2D eigenvalue weighted by atomic mass is 9.88. The molecule has 0 spiro atoms. The Morgan fingerprint density at radius 3 is 2.84 bits per heavy atom. The molecule has 0 bridgehead atoms. The molecule has 100 valence electrons. The van der Waals surface area contributed by atoms with E-state index in [9.17, 15) is 0 Å². The molecule has 0 saturated carbocycles. The second-order valence-corrected chi connectivity index (χ2v) is 5.60. The van der Waals surface area contributed by atoms with Crippen LogP contribution < -0.4 is 5.32 Å². The number of nitrogens with zero attached hydrogens (tertiary/aromatic N) is 2. The van der Waals surface area contributed by atoms with Gasteiger partial charge in [0.15, 0.2) is 0 Å². The molecule has 1 unspecified atom stereocenters. The van der Waals surface area contributed by atoms with Gasteiger partial charge in [-0.05, 0) is 44.2 Å². The summed E-state index contributed by atoms with van der Waals surface area (Å²) in [5.41, 5.74) is 2.99. The average molecular weight is 255 g/mol. The highest BCUT2D eigenvalue weighted by Gasteiger charge is 2.19. The van der Waals surface area contributed by atoms with E-state index < -0.39 is 0 Å². The molecule has 2 aromatic rings. The van der Waals surface area contributed by atoms with Crippen LogP contribution >= 0.6 is 0 Å². The van der Waals surface area contributed by atoms with Crippen LogP contribution in [-0.2, 0) is 12.8 Å². The SMILES string of the molecule is CC(C)n1ccnc1NC1CCc2ccccc2C1. The number of aryl methyl sites for hydroxylation is 1. The Bertz CT molecular complexity index is 557. The van der Waals surface area contributed by atoms with Crippen molar-refractivity contribution < 1.29 is 0 Å². The van der Waals surface area contributed by atoms with E-state index in [0.717, 1.165) is 18.8 Å². The topological polar surface area (TPSA) is 29.9 Å². The summed E-state index contributed by atoms with van der Waals surface area (Å²) in [6.45, 7) is 4.37. The van der Waals surface area contributed by atoms with Crippen LogP contribution in [0.25, 0.3) is 0 Å². The highest BCUT2D eigenvalue weighted by atomic mass is 15.2. The van der Waals surface area contributed by atoms with E-state index in [1.807, 2.05) is 12.4 Å². The van der Waals surface area contributed by atoms with Gasteiger partial charge in [-0.25, -0.2) is 4.98 Å². The molecule has 0 amide bonds. The van der Waals surface area contributed by atoms with Gasteiger partial charge in [-0.15, -0.1) is 0 Å². The van der Waals surface area contributed by atoms with Crippen molar-refractivity contribution in [3.05, 3.63) is 47.8 Å². The molecule has 1 aliphatic carbocycles. The number of hydrogen-bond acceptors (Lipinski definition) is 2. The van der Waals surface area contributed by atoms with Crippen LogP contribution in [0.5, 0.6) is 0 Å². The summed E-state index contributed by atoms with van der Waals surface area (Å²) in [5.74, 6) is 0.999. The summed E-state index contributed by atoms with van der Waals surface area (Å²) >= 11 is 0. The van der Waals surface area contributed by atoms with Crippen LogP contribution in [0.3, 0.4) is 0 Å². The van der Waals surface area contributed by atoms with Gasteiger partial charge in [0.05, 0.1) is 0 Å². The van der Waals surface area contributed by atoms with Crippen LogP contribution in [0, 0.1) is 0 Å². The normalized spacial score (nSPS) is 18.4. The molecule has 0 radical (unpaired) electrons. The van der Waals surface area contributed by atoms with Crippen molar-refractivity contribution in [2.45, 2.75) is 45.2 Å². The maximum atomic E-state index is 4.44. The Balaban J connectivity index is 1.74. The first-order valence-electron chi connectivity index (χ1n) is 7.10. The molecule has 0 saturated heterocycles. The van der Waals surface area contributed by atoms with E-state index in [-0.39, 0.29) is 0 Å². The van der Waals surface area contributed by atoms with E-state index in [2.05, 4.69) is 53.0 Å². The predicted octanol–water partition coefficient (Wildman–Crippen LogP) is 3.43. The Morgan fingerprint density at radius 1 is 1.26 bits per heavy atom. The van der Waals surface area contributed by atoms with Crippen LogP contribution in [0.2, 0.25) is 0 Å². The van der Waals surface area contributed by atoms with E-state index in [1.54, 1.807) is 0 Å². The predicted molar refractivity (Wildman–Crippen MR) is 78.5 cm³/mol. The van der Waals surface area contributed by atoms with Crippen LogP contribution in [0.1, 0.15) is 37.4 Å². The molecule has 1 aromatic heterocycles. The van der Waals surface area contributed by atoms with Crippen molar-refractivity contribution in [2.24, 2.45) is 0 Å². The molecule has 1 heterocycles. The number of fused-ring (bicyclic) bond motifs is 1. The quantitative estimate of drug-likeness (QED) is 0.910.